The SMILES string of the molecule is CCC(CCN(C)C)CN(CC)C(=O)OC(C)(C)C. The van der Waals surface area contributed by atoms with Crippen molar-refractivity contribution >= 4 is 6.09 Å². The number of hydrogen-bond donors (Lipinski definition) is 0. The Morgan fingerprint density at radius 1 is 1.21 bits per heavy atom. The standard InChI is InChI=1S/C15H32N2O2/c1-8-13(10-11-16(6)7)12-17(9-2)14(18)19-15(3,4)5/h13H,8-12H2,1-7H3. The molecular formula is C15H32N2O2. The summed E-state index contributed by atoms with van der Waals surface area (Å²) in [6.07, 6.45) is 2.01. The third-order valence-corrected chi connectivity index (χ3v) is 3.07. The van der Waals surface area contributed by atoms with Gasteiger partial charge in [0.2, 0.25) is 0 Å². The molecule has 0 fully saturated rings. The van der Waals surface area contributed by atoms with Crippen LogP contribution in [0, 0.1) is 5.92 Å². The maximum atomic E-state index is 12.1. The molecule has 0 aromatic carbocycles. The molecule has 0 aliphatic rings. The molecule has 0 bridgehead atoms. The third-order valence-electron chi connectivity index (χ3n) is 3.07. The van der Waals surface area contributed by atoms with Crippen LogP contribution in [0.25, 0.3) is 0 Å². The van der Waals surface area contributed by atoms with Crippen molar-refractivity contribution in [3.05, 3.63) is 0 Å². The van der Waals surface area contributed by atoms with Crippen LogP contribution in [-0.4, -0.2) is 55.2 Å². The van der Waals surface area contributed by atoms with Crippen molar-refractivity contribution in [2.75, 3.05) is 33.7 Å². The first-order chi connectivity index (χ1) is 8.69. The predicted molar refractivity (Wildman–Crippen MR) is 80.4 cm³/mol. The average molecular weight is 272 g/mol. The van der Waals surface area contributed by atoms with Crippen LogP contribution in [0.5, 0.6) is 0 Å². The second kappa shape index (κ2) is 8.41. The maximum absolute atomic E-state index is 12.1. The number of carbonyl (C=O) groups excluding carboxylic acids is 1. The van der Waals surface area contributed by atoms with Gasteiger partial charge in [0.1, 0.15) is 5.60 Å². The molecule has 0 saturated carbocycles. The molecule has 0 heterocycles. The van der Waals surface area contributed by atoms with E-state index in [9.17, 15) is 4.79 Å². The Kier molecular flexibility index (Phi) is 8.07. The van der Waals surface area contributed by atoms with Gasteiger partial charge in [0.05, 0.1) is 0 Å². The molecule has 1 unspecified atom stereocenters. The first-order valence-corrected chi connectivity index (χ1v) is 7.32. The molecule has 0 N–H and O–H groups in total. The molecular weight excluding hydrogens is 240 g/mol. The second-order valence-corrected chi connectivity index (χ2v) is 6.39. The number of amides is 1. The van der Waals surface area contributed by atoms with Crippen molar-refractivity contribution in [2.24, 2.45) is 5.92 Å². The molecule has 0 rings (SSSR count). The summed E-state index contributed by atoms with van der Waals surface area (Å²) in [5.74, 6) is 0.537. The number of nitrogens with zero attached hydrogens (tertiary/aromatic N) is 2. The van der Waals surface area contributed by atoms with Crippen molar-refractivity contribution < 1.29 is 9.53 Å². The van der Waals surface area contributed by atoms with Crippen LogP contribution in [-0.2, 0) is 4.74 Å². The molecule has 0 saturated heterocycles. The molecule has 0 spiro atoms. The molecule has 0 aromatic heterocycles. The first-order valence-electron chi connectivity index (χ1n) is 7.32. The van der Waals surface area contributed by atoms with Gasteiger partial charge in [-0.1, -0.05) is 13.3 Å². The van der Waals surface area contributed by atoms with Gasteiger partial charge in [-0.2, -0.15) is 0 Å². The molecule has 0 radical (unpaired) electrons. The van der Waals surface area contributed by atoms with Crippen molar-refractivity contribution in [1.29, 1.82) is 0 Å². The highest BCUT2D eigenvalue weighted by Crippen LogP contribution is 2.15. The van der Waals surface area contributed by atoms with Gasteiger partial charge < -0.3 is 14.5 Å². The lowest BCUT2D eigenvalue weighted by Crippen LogP contribution is -2.39. The van der Waals surface area contributed by atoms with Gasteiger partial charge in [-0.15, -0.1) is 0 Å². The van der Waals surface area contributed by atoms with Crippen LogP contribution in [0.3, 0.4) is 0 Å². The molecule has 1 amide bonds. The van der Waals surface area contributed by atoms with E-state index >= 15 is 0 Å². The van der Waals surface area contributed by atoms with Gasteiger partial charge in [0, 0.05) is 13.1 Å². The van der Waals surface area contributed by atoms with Crippen LogP contribution < -0.4 is 0 Å². The van der Waals surface area contributed by atoms with Crippen LogP contribution in [0.1, 0.15) is 47.5 Å². The van der Waals surface area contributed by atoms with Crippen molar-refractivity contribution in [1.82, 2.24) is 9.80 Å². The average Bonchev–Trinajstić information content (AvgIpc) is 2.26. The summed E-state index contributed by atoms with van der Waals surface area (Å²) in [6.45, 7) is 12.5. The van der Waals surface area contributed by atoms with E-state index in [2.05, 4.69) is 25.9 Å². The molecule has 19 heavy (non-hydrogen) atoms. The van der Waals surface area contributed by atoms with E-state index in [1.165, 1.54) is 0 Å². The molecule has 4 nitrogen and oxygen atoms in total. The molecule has 0 aliphatic carbocycles. The lowest BCUT2D eigenvalue weighted by Gasteiger charge is -2.29. The number of carbonyl (C=O) groups is 1. The fourth-order valence-electron chi connectivity index (χ4n) is 1.84. The van der Waals surface area contributed by atoms with E-state index < -0.39 is 5.60 Å². The highest BCUT2D eigenvalue weighted by Gasteiger charge is 2.23. The van der Waals surface area contributed by atoms with Crippen LogP contribution in [0.4, 0.5) is 4.79 Å². The van der Waals surface area contributed by atoms with Gasteiger partial charge >= 0.3 is 6.09 Å². The Labute approximate surface area is 119 Å². The van der Waals surface area contributed by atoms with Gasteiger partial charge in [0.25, 0.3) is 0 Å². The lowest BCUT2D eigenvalue weighted by atomic mass is 10.0. The van der Waals surface area contributed by atoms with Gasteiger partial charge in [-0.3, -0.25) is 0 Å². The van der Waals surface area contributed by atoms with Gasteiger partial charge in [0.15, 0.2) is 0 Å². The highest BCUT2D eigenvalue weighted by molar-refractivity contribution is 5.68. The van der Waals surface area contributed by atoms with Crippen LogP contribution in [0.2, 0.25) is 0 Å². The normalized spacial score (nSPS) is 13.5. The minimum Gasteiger partial charge on any atom is -0.444 e. The minimum absolute atomic E-state index is 0.196. The molecule has 1 atom stereocenters. The zero-order valence-corrected chi connectivity index (χ0v) is 13.8. The fraction of sp³-hybridized carbons (Fsp3) is 0.933. The molecule has 114 valence electrons. The van der Waals surface area contributed by atoms with E-state index in [1.54, 1.807) is 0 Å². The van der Waals surface area contributed by atoms with E-state index in [0.717, 1.165) is 25.9 Å². The summed E-state index contributed by atoms with van der Waals surface area (Å²) in [7, 11) is 4.16. The lowest BCUT2D eigenvalue weighted by molar-refractivity contribution is 0.0225. The Balaban J connectivity index is 4.39. The van der Waals surface area contributed by atoms with Crippen molar-refractivity contribution in [3.63, 3.8) is 0 Å². The first kappa shape index (κ1) is 18.2. The maximum Gasteiger partial charge on any atom is 0.410 e. The Morgan fingerprint density at radius 2 is 1.79 bits per heavy atom. The van der Waals surface area contributed by atoms with Crippen molar-refractivity contribution in [3.8, 4) is 0 Å². The molecule has 4 heteroatoms. The summed E-state index contributed by atoms with van der Waals surface area (Å²) >= 11 is 0. The topological polar surface area (TPSA) is 32.8 Å². The van der Waals surface area contributed by atoms with Crippen LogP contribution in [0.15, 0.2) is 0 Å². The fourth-order valence-corrected chi connectivity index (χ4v) is 1.84. The monoisotopic (exact) mass is 272 g/mol. The number of ether oxygens (including phenoxy) is 1. The molecule has 0 aliphatic heterocycles. The smallest absolute Gasteiger partial charge is 0.410 e. The predicted octanol–water partition coefficient (Wildman–Crippen LogP) is 3.22. The zero-order valence-electron chi connectivity index (χ0n) is 13.8. The van der Waals surface area contributed by atoms with Gasteiger partial charge in [-0.25, -0.2) is 4.79 Å². The number of rotatable bonds is 7. The summed E-state index contributed by atoms with van der Waals surface area (Å²) in [6, 6.07) is 0. The van der Waals surface area contributed by atoms with E-state index in [1.807, 2.05) is 32.6 Å². The Morgan fingerprint density at radius 3 is 2.16 bits per heavy atom. The van der Waals surface area contributed by atoms with Crippen molar-refractivity contribution in [2.45, 2.75) is 53.1 Å². The second-order valence-electron chi connectivity index (χ2n) is 6.39. The van der Waals surface area contributed by atoms with Gasteiger partial charge in [-0.05, 0) is 60.7 Å². The quantitative estimate of drug-likeness (QED) is 0.713. The summed E-state index contributed by atoms with van der Waals surface area (Å²) in [5.41, 5.74) is -0.421. The summed E-state index contributed by atoms with van der Waals surface area (Å²) in [5, 5.41) is 0. The largest absolute Gasteiger partial charge is 0.444 e. The van der Waals surface area contributed by atoms with E-state index in [4.69, 9.17) is 4.74 Å². The van der Waals surface area contributed by atoms with E-state index in [0.29, 0.717) is 12.5 Å². The van der Waals surface area contributed by atoms with E-state index in [-0.39, 0.29) is 6.09 Å². The Bertz CT molecular complexity index is 259. The minimum atomic E-state index is -0.421. The number of hydrogen-bond acceptors (Lipinski definition) is 3. The van der Waals surface area contributed by atoms with Crippen LogP contribution >= 0.6 is 0 Å². The molecule has 0 aromatic rings. The summed E-state index contributed by atoms with van der Waals surface area (Å²) in [4.78, 5) is 16.1. The zero-order chi connectivity index (χ0) is 15.1. The summed E-state index contributed by atoms with van der Waals surface area (Å²) < 4.78 is 5.44. The highest BCUT2D eigenvalue weighted by atomic mass is 16.6. The third kappa shape index (κ3) is 8.87. The Hall–Kier alpha value is -0.770.